The Balaban J connectivity index is 2.47. The number of anilines is 2. The molecule has 0 saturated carbocycles. The normalized spacial score (nSPS) is 11.4. The van der Waals surface area contributed by atoms with Gasteiger partial charge >= 0.3 is 0 Å². The number of rotatable bonds is 3. The van der Waals surface area contributed by atoms with Gasteiger partial charge in [0.2, 0.25) is 0 Å². The molecule has 2 aromatic rings. The molecule has 0 aromatic heterocycles. The highest BCUT2D eigenvalue weighted by Gasteiger charge is 2.21. The first kappa shape index (κ1) is 16.0. The number of nitrogens with two attached hydrogens (primary N) is 1. The first-order valence-corrected chi connectivity index (χ1v) is 8.09. The van der Waals surface area contributed by atoms with Crippen LogP contribution in [0.2, 0.25) is 5.02 Å². The summed E-state index contributed by atoms with van der Waals surface area (Å²) in [4.78, 5) is -0.179. The summed E-state index contributed by atoms with van der Waals surface area (Å²) in [5.74, 6) is -2.58. The smallest absolute Gasteiger partial charge is 0.262 e. The zero-order chi connectivity index (χ0) is 15.8. The molecular formula is C12H8BrClF2N2O2S. The predicted molar refractivity (Wildman–Crippen MR) is 80.7 cm³/mol. The van der Waals surface area contributed by atoms with Gasteiger partial charge in [-0.15, -0.1) is 0 Å². The van der Waals surface area contributed by atoms with Crippen molar-refractivity contribution in [3.8, 4) is 0 Å². The molecule has 9 heteroatoms. The van der Waals surface area contributed by atoms with Crippen molar-refractivity contribution in [1.29, 1.82) is 0 Å². The van der Waals surface area contributed by atoms with E-state index in [-0.39, 0.29) is 10.6 Å². The van der Waals surface area contributed by atoms with Crippen LogP contribution < -0.4 is 10.5 Å². The number of sulfonamides is 1. The molecule has 4 nitrogen and oxygen atoms in total. The van der Waals surface area contributed by atoms with Gasteiger partial charge in [0.25, 0.3) is 10.0 Å². The Hall–Kier alpha value is -1.38. The zero-order valence-corrected chi connectivity index (χ0v) is 13.4. The van der Waals surface area contributed by atoms with Gasteiger partial charge in [0, 0.05) is 4.47 Å². The molecule has 21 heavy (non-hydrogen) atoms. The first-order valence-electron chi connectivity index (χ1n) is 5.43. The minimum absolute atomic E-state index is 0.179. The molecule has 2 aromatic carbocycles. The molecule has 0 aliphatic heterocycles. The van der Waals surface area contributed by atoms with Gasteiger partial charge in [-0.05, 0) is 46.3 Å². The van der Waals surface area contributed by atoms with Crippen molar-refractivity contribution in [2.75, 3.05) is 10.5 Å². The van der Waals surface area contributed by atoms with Crippen LogP contribution in [0.3, 0.4) is 0 Å². The van der Waals surface area contributed by atoms with Crippen LogP contribution in [0.15, 0.2) is 39.7 Å². The number of halogens is 4. The van der Waals surface area contributed by atoms with E-state index in [1.165, 1.54) is 18.2 Å². The van der Waals surface area contributed by atoms with Crippen molar-refractivity contribution < 1.29 is 17.2 Å². The van der Waals surface area contributed by atoms with Gasteiger partial charge in [-0.25, -0.2) is 17.2 Å². The first-order chi connectivity index (χ1) is 9.72. The number of hydrogen-bond donors (Lipinski definition) is 2. The monoisotopic (exact) mass is 396 g/mol. The third-order valence-corrected chi connectivity index (χ3v) is 5.13. The van der Waals surface area contributed by atoms with Gasteiger partial charge < -0.3 is 5.73 Å². The van der Waals surface area contributed by atoms with E-state index in [9.17, 15) is 17.2 Å². The van der Waals surface area contributed by atoms with Gasteiger partial charge in [0.15, 0.2) is 11.6 Å². The fourth-order valence-corrected chi connectivity index (χ4v) is 3.27. The molecule has 0 amide bonds. The molecule has 0 bridgehead atoms. The summed E-state index contributed by atoms with van der Waals surface area (Å²) in [6.45, 7) is 0. The molecule has 0 fully saturated rings. The van der Waals surface area contributed by atoms with Gasteiger partial charge in [-0.1, -0.05) is 11.6 Å². The number of hydrogen-bond acceptors (Lipinski definition) is 3. The topological polar surface area (TPSA) is 72.2 Å². The standard InChI is InChI=1S/C12H8BrClF2N2O2S/c13-7-5-6(1-2-8(7)14)21(19,20)18-12-10(17)4-3-9(15)11(12)16/h1-5,18H,17H2. The third-order valence-electron chi connectivity index (χ3n) is 2.56. The van der Waals surface area contributed by atoms with Gasteiger partial charge in [0.05, 0.1) is 15.6 Å². The van der Waals surface area contributed by atoms with E-state index in [0.29, 0.717) is 9.50 Å². The average Bonchev–Trinajstić information content (AvgIpc) is 2.42. The molecule has 0 radical (unpaired) electrons. The maximum Gasteiger partial charge on any atom is 0.262 e. The zero-order valence-electron chi connectivity index (χ0n) is 10.2. The summed E-state index contributed by atoms with van der Waals surface area (Å²) in [5.41, 5.74) is 4.60. The maximum atomic E-state index is 13.6. The molecular weight excluding hydrogens is 390 g/mol. The van der Waals surface area contributed by atoms with Crippen molar-refractivity contribution in [2.24, 2.45) is 0 Å². The lowest BCUT2D eigenvalue weighted by Gasteiger charge is -2.12. The second-order valence-electron chi connectivity index (χ2n) is 4.01. The fraction of sp³-hybridized carbons (Fsp3) is 0. The van der Waals surface area contributed by atoms with Crippen LogP contribution in [-0.2, 0) is 10.0 Å². The second-order valence-corrected chi connectivity index (χ2v) is 6.95. The van der Waals surface area contributed by atoms with Crippen LogP contribution >= 0.6 is 27.5 Å². The highest BCUT2D eigenvalue weighted by Crippen LogP contribution is 2.29. The molecule has 0 atom stereocenters. The summed E-state index contributed by atoms with van der Waals surface area (Å²) in [6, 6.07) is 5.68. The van der Waals surface area contributed by atoms with E-state index in [1.807, 2.05) is 4.72 Å². The summed E-state index contributed by atoms with van der Waals surface area (Å²) in [5, 5.41) is 0.311. The molecule has 112 valence electrons. The van der Waals surface area contributed by atoms with Crippen molar-refractivity contribution >= 4 is 48.9 Å². The van der Waals surface area contributed by atoms with E-state index in [0.717, 1.165) is 12.1 Å². The van der Waals surface area contributed by atoms with Gasteiger partial charge in [-0.3, -0.25) is 4.72 Å². The maximum absolute atomic E-state index is 13.6. The van der Waals surface area contributed by atoms with E-state index in [4.69, 9.17) is 17.3 Å². The fourth-order valence-electron chi connectivity index (χ4n) is 1.51. The van der Waals surface area contributed by atoms with Crippen LogP contribution in [0.5, 0.6) is 0 Å². The lowest BCUT2D eigenvalue weighted by atomic mass is 10.2. The van der Waals surface area contributed by atoms with E-state index < -0.39 is 27.3 Å². The molecule has 2 rings (SSSR count). The minimum Gasteiger partial charge on any atom is -0.397 e. The third kappa shape index (κ3) is 3.28. The molecule has 0 heterocycles. The lowest BCUT2D eigenvalue weighted by Crippen LogP contribution is -2.16. The predicted octanol–water partition coefficient (Wildman–Crippen LogP) is 3.76. The second kappa shape index (κ2) is 5.78. The van der Waals surface area contributed by atoms with E-state index >= 15 is 0 Å². The summed E-state index contributed by atoms with van der Waals surface area (Å²) in [6.07, 6.45) is 0. The van der Waals surface area contributed by atoms with Gasteiger partial charge in [0.1, 0.15) is 5.69 Å². The Bertz CT molecular complexity index is 815. The molecule has 0 saturated heterocycles. The van der Waals surface area contributed by atoms with Crippen molar-refractivity contribution in [3.63, 3.8) is 0 Å². The van der Waals surface area contributed by atoms with Crippen LogP contribution in [0.4, 0.5) is 20.2 Å². The molecule has 0 aliphatic rings. The van der Waals surface area contributed by atoms with Crippen LogP contribution in [0, 0.1) is 11.6 Å². The summed E-state index contributed by atoms with van der Waals surface area (Å²) >= 11 is 8.85. The van der Waals surface area contributed by atoms with Crippen molar-refractivity contribution in [1.82, 2.24) is 0 Å². The summed E-state index contributed by atoms with van der Waals surface area (Å²) in [7, 11) is -4.14. The quantitative estimate of drug-likeness (QED) is 0.775. The van der Waals surface area contributed by atoms with Crippen LogP contribution in [0.1, 0.15) is 0 Å². The van der Waals surface area contributed by atoms with Crippen molar-refractivity contribution in [2.45, 2.75) is 4.90 Å². The SMILES string of the molecule is Nc1ccc(F)c(F)c1NS(=O)(=O)c1ccc(Cl)c(Br)c1. The molecule has 0 aliphatic carbocycles. The minimum atomic E-state index is -4.14. The van der Waals surface area contributed by atoms with Gasteiger partial charge in [-0.2, -0.15) is 0 Å². The number of nitrogens with one attached hydrogen (secondary N) is 1. The highest BCUT2D eigenvalue weighted by atomic mass is 79.9. The average molecular weight is 398 g/mol. The Morgan fingerprint density at radius 1 is 1.19 bits per heavy atom. The molecule has 0 spiro atoms. The number of benzene rings is 2. The Morgan fingerprint density at radius 2 is 1.86 bits per heavy atom. The van der Waals surface area contributed by atoms with E-state index in [2.05, 4.69) is 15.9 Å². The Kier molecular flexibility index (Phi) is 4.40. The van der Waals surface area contributed by atoms with Crippen LogP contribution in [0.25, 0.3) is 0 Å². The largest absolute Gasteiger partial charge is 0.397 e. The Labute approximate surface area is 133 Å². The van der Waals surface area contributed by atoms with E-state index in [1.54, 1.807) is 0 Å². The number of nitrogen functional groups attached to an aromatic ring is 1. The lowest BCUT2D eigenvalue weighted by molar-refractivity contribution is 0.512. The highest BCUT2D eigenvalue weighted by molar-refractivity contribution is 9.10. The summed E-state index contributed by atoms with van der Waals surface area (Å²) < 4.78 is 53.4. The van der Waals surface area contributed by atoms with Crippen molar-refractivity contribution in [3.05, 3.63) is 51.5 Å². The Morgan fingerprint density at radius 3 is 2.48 bits per heavy atom. The molecule has 0 unspecified atom stereocenters. The molecule has 3 N–H and O–H groups in total. The van der Waals surface area contributed by atoms with Crippen LogP contribution in [-0.4, -0.2) is 8.42 Å².